The van der Waals surface area contributed by atoms with E-state index in [1.54, 1.807) is 36.4 Å². The van der Waals surface area contributed by atoms with Crippen molar-refractivity contribution < 1.29 is 9.18 Å². The topological polar surface area (TPSA) is 29.1 Å². The van der Waals surface area contributed by atoms with E-state index in [1.165, 1.54) is 18.2 Å². The molecule has 0 unspecified atom stereocenters. The van der Waals surface area contributed by atoms with Gasteiger partial charge < -0.3 is 5.32 Å². The van der Waals surface area contributed by atoms with Gasteiger partial charge in [0, 0.05) is 22.7 Å². The third kappa shape index (κ3) is 6.05. The van der Waals surface area contributed by atoms with Gasteiger partial charge in [0.25, 0.3) is 0 Å². The molecule has 0 aliphatic rings. The van der Waals surface area contributed by atoms with E-state index in [0.717, 1.165) is 24.0 Å². The molecule has 120 valence electrons. The van der Waals surface area contributed by atoms with Crippen molar-refractivity contribution in [2.45, 2.75) is 12.8 Å². The van der Waals surface area contributed by atoms with Gasteiger partial charge in [-0.25, -0.2) is 4.39 Å². The van der Waals surface area contributed by atoms with Gasteiger partial charge in [0.2, 0.25) is 5.91 Å². The number of carbonyl (C=O) groups is 1. The molecule has 1 amide bonds. The highest BCUT2D eigenvalue weighted by molar-refractivity contribution is 6.35. The Balaban J connectivity index is 1.74. The molecule has 0 spiro atoms. The number of nitrogens with one attached hydrogen (secondary N) is 1. The predicted octanol–water partition coefficient (Wildman–Crippen LogP) is 4.89. The molecule has 0 aliphatic carbocycles. The Labute approximate surface area is 144 Å². The number of carbonyl (C=O) groups excluding carboxylic acids is 1. The molecule has 0 saturated heterocycles. The Morgan fingerprint density at radius 3 is 2.57 bits per heavy atom. The number of rotatable bonds is 6. The fourth-order valence-electron chi connectivity index (χ4n) is 2.02. The number of amides is 1. The minimum atomic E-state index is -0.243. The Morgan fingerprint density at radius 2 is 1.87 bits per heavy atom. The molecule has 0 saturated carbocycles. The zero-order valence-corrected chi connectivity index (χ0v) is 13.9. The number of hydrogen-bond donors (Lipinski definition) is 1. The molecule has 0 heterocycles. The first-order chi connectivity index (χ1) is 11.0. The third-order valence-corrected chi connectivity index (χ3v) is 3.79. The summed E-state index contributed by atoms with van der Waals surface area (Å²) in [5, 5.41) is 3.85. The van der Waals surface area contributed by atoms with Gasteiger partial charge in [-0.3, -0.25) is 4.79 Å². The van der Waals surface area contributed by atoms with E-state index in [9.17, 15) is 9.18 Å². The van der Waals surface area contributed by atoms with E-state index in [4.69, 9.17) is 23.2 Å². The van der Waals surface area contributed by atoms with Crippen LogP contribution < -0.4 is 5.32 Å². The summed E-state index contributed by atoms with van der Waals surface area (Å²) in [5.74, 6) is -0.428. The summed E-state index contributed by atoms with van der Waals surface area (Å²) in [5.41, 5.74) is 1.78. The van der Waals surface area contributed by atoms with Gasteiger partial charge in [0.15, 0.2) is 0 Å². The molecule has 0 atom stereocenters. The van der Waals surface area contributed by atoms with E-state index < -0.39 is 0 Å². The second-order valence-electron chi connectivity index (χ2n) is 5.02. The molecule has 23 heavy (non-hydrogen) atoms. The monoisotopic (exact) mass is 351 g/mol. The van der Waals surface area contributed by atoms with Crippen molar-refractivity contribution in [3.05, 3.63) is 75.5 Å². The summed E-state index contributed by atoms with van der Waals surface area (Å²) in [6.07, 6.45) is 4.65. The van der Waals surface area contributed by atoms with Crippen LogP contribution in [0.1, 0.15) is 17.5 Å². The van der Waals surface area contributed by atoms with Gasteiger partial charge in [0.05, 0.1) is 0 Å². The van der Waals surface area contributed by atoms with Crippen LogP contribution in [0.5, 0.6) is 0 Å². The fourth-order valence-corrected chi connectivity index (χ4v) is 2.49. The highest BCUT2D eigenvalue weighted by Gasteiger charge is 2.00. The number of benzene rings is 2. The quantitative estimate of drug-likeness (QED) is 0.582. The van der Waals surface area contributed by atoms with Crippen molar-refractivity contribution in [1.29, 1.82) is 0 Å². The normalized spacial score (nSPS) is 10.9. The first-order valence-corrected chi connectivity index (χ1v) is 7.95. The molecule has 2 aromatic rings. The van der Waals surface area contributed by atoms with Crippen LogP contribution in [0.15, 0.2) is 48.5 Å². The van der Waals surface area contributed by atoms with Crippen LogP contribution >= 0.6 is 23.2 Å². The fraction of sp³-hybridized carbons (Fsp3) is 0.167. The molecule has 1 N–H and O–H groups in total. The predicted molar refractivity (Wildman–Crippen MR) is 93.2 cm³/mol. The molecule has 2 rings (SSSR count). The lowest BCUT2D eigenvalue weighted by atomic mass is 10.1. The summed E-state index contributed by atoms with van der Waals surface area (Å²) >= 11 is 11.8. The van der Waals surface area contributed by atoms with Crippen LogP contribution in [-0.2, 0) is 11.2 Å². The van der Waals surface area contributed by atoms with Crippen LogP contribution in [0.25, 0.3) is 6.08 Å². The van der Waals surface area contributed by atoms with Gasteiger partial charge in [0.1, 0.15) is 5.82 Å². The van der Waals surface area contributed by atoms with Gasteiger partial charge in [-0.05, 0) is 54.3 Å². The highest BCUT2D eigenvalue weighted by Crippen LogP contribution is 2.21. The van der Waals surface area contributed by atoms with Crippen LogP contribution in [-0.4, -0.2) is 12.5 Å². The van der Waals surface area contributed by atoms with Crippen molar-refractivity contribution in [1.82, 2.24) is 5.32 Å². The van der Waals surface area contributed by atoms with Gasteiger partial charge in [-0.2, -0.15) is 0 Å². The largest absolute Gasteiger partial charge is 0.353 e. The Hall–Kier alpha value is -1.84. The van der Waals surface area contributed by atoms with E-state index in [1.807, 2.05) is 0 Å². The van der Waals surface area contributed by atoms with E-state index >= 15 is 0 Å². The van der Waals surface area contributed by atoms with Crippen molar-refractivity contribution in [3.8, 4) is 0 Å². The molecular formula is C18H16Cl2FNO. The second-order valence-corrected chi connectivity index (χ2v) is 5.86. The molecule has 0 bridgehead atoms. The Morgan fingerprint density at radius 1 is 1.13 bits per heavy atom. The van der Waals surface area contributed by atoms with Crippen LogP contribution in [0.4, 0.5) is 4.39 Å². The lowest BCUT2D eigenvalue weighted by Crippen LogP contribution is -2.22. The van der Waals surface area contributed by atoms with Crippen molar-refractivity contribution in [2.24, 2.45) is 0 Å². The Bertz CT molecular complexity index is 699. The lowest BCUT2D eigenvalue weighted by Gasteiger charge is -2.03. The maximum Gasteiger partial charge on any atom is 0.244 e. The maximum atomic E-state index is 12.8. The van der Waals surface area contributed by atoms with E-state index in [-0.39, 0.29) is 11.7 Å². The van der Waals surface area contributed by atoms with E-state index in [0.29, 0.717) is 16.6 Å². The van der Waals surface area contributed by atoms with Crippen LogP contribution in [0.2, 0.25) is 10.0 Å². The van der Waals surface area contributed by atoms with Gasteiger partial charge in [-0.15, -0.1) is 0 Å². The molecule has 2 aromatic carbocycles. The summed E-state index contributed by atoms with van der Waals surface area (Å²) in [7, 11) is 0. The molecular weight excluding hydrogens is 336 g/mol. The summed E-state index contributed by atoms with van der Waals surface area (Å²) in [6, 6.07) is 11.5. The first-order valence-electron chi connectivity index (χ1n) is 7.20. The van der Waals surface area contributed by atoms with Crippen molar-refractivity contribution in [2.75, 3.05) is 6.54 Å². The second kappa shape index (κ2) is 8.70. The standard InChI is InChI=1S/C18H16Cl2FNO/c19-15-7-5-14(17(20)12-15)6-10-18(23)22-11-1-2-13-3-8-16(21)9-4-13/h3-10,12H,1-2,11H2,(H,22,23)/b10-6+. The lowest BCUT2D eigenvalue weighted by molar-refractivity contribution is -0.116. The average molecular weight is 352 g/mol. The smallest absolute Gasteiger partial charge is 0.244 e. The number of aryl methyl sites for hydroxylation is 1. The van der Waals surface area contributed by atoms with Gasteiger partial charge in [-0.1, -0.05) is 41.4 Å². The van der Waals surface area contributed by atoms with Crippen molar-refractivity contribution >= 4 is 35.2 Å². The highest BCUT2D eigenvalue weighted by atomic mass is 35.5. The van der Waals surface area contributed by atoms with Crippen molar-refractivity contribution in [3.63, 3.8) is 0 Å². The van der Waals surface area contributed by atoms with E-state index in [2.05, 4.69) is 5.32 Å². The first kappa shape index (κ1) is 17.5. The van der Waals surface area contributed by atoms with Gasteiger partial charge >= 0.3 is 0 Å². The van der Waals surface area contributed by atoms with Crippen LogP contribution in [0, 0.1) is 5.82 Å². The molecule has 2 nitrogen and oxygen atoms in total. The molecule has 0 radical (unpaired) electrons. The van der Waals surface area contributed by atoms with Crippen LogP contribution in [0.3, 0.4) is 0 Å². The minimum absolute atomic E-state index is 0.185. The minimum Gasteiger partial charge on any atom is -0.353 e. The summed E-state index contributed by atoms with van der Waals surface area (Å²) in [6.45, 7) is 0.550. The number of hydrogen-bond acceptors (Lipinski definition) is 1. The SMILES string of the molecule is O=C(/C=C/c1ccc(Cl)cc1Cl)NCCCc1ccc(F)cc1. The number of halogens is 3. The summed E-state index contributed by atoms with van der Waals surface area (Å²) < 4.78 is 12.8. The Kier molecular flexibility index (Phi) is 6.63. The molecule has 0 aliphatic heterocycles. The maximum absolute atomic E-state index is 12.8. The zero-order valence-electron chi connectivity index (χ0n) is 12.4. The average Bonchev–Trinajstić information content (AvgIpc) is 2.52. The molecule has 0 aromatic heterocycles. The zero-order chi connectivity index (χ0) is 16.7. The third-order valence-electron chi connectivity index (χ3n) is 3.23. The summed E-state index contributed by atoms with van der Waals surface area (Å²) in [4.78, 5) is 11.7. The molecule has 0 fully saturated rings. The molecule has 5 heteroatoms.